The maximum atomic E-state index is 11.7. The minimum atomic E-state index is -0.396. The molecule has 1 aromatic carbocycles. The number of hydrogen-bond donors (Lipinski definition) is 2. The SMILES string of the molecule is Cc1ccc(OCC(=O)NNC(=O)CCc2ccsc2)cc1C. The van der Waals surface area contributed by atoms with Crippen molar-refractivity contribution < 1.29 is 14.3 Å². The number of hydrogen-bond acceptors (Lipinski definition) is 4. The monoisotopic (exact) mass is 332 g/mol. The molecule has 0 radical (unpaired) electrons. The van der Waals surface area contributed by atoms with Gasteiger partial charge in [0, 0.05) is 6.42 Å². The summed E-state index contributed by atoms with van der Waals surface area (Å²) in [5.41, 5.74) is 8.12. The molecule has 6 heteroatoms. The van der Waals surface area contributed by atoms with E-state index in [1.165, 1.54) is 5.56 Å². The van der Waals surface area contributed by atoms with E-state index in [1.54, 1.807) is 11.3 Å². The summed E-state index contributed by atoms with van der Waals surface area (Å²) >= 11 is 1.60. The van der Waals surface area contributed by atoms with E-state index in [0.717, 1.165) is 11.1 Å². The van der Waals surface area contributed by atoms with Gasteiger partial charge in [-0.25, -0.2) is 0 Å². The Kier molecular flexibility index (Phi) is 6.17. The molecule has 5 nitrogen and oxygen atoms in total. The minimum Gasteiger partial charge on any atom is -0.484 e. The zero-order valence-corrected chi connectivity index (χ0v) is 14.0. The number of nitrogens with one attached hydrogen (secondary N) is 2. The van der Waals surface area contributed by atoms with E-state index >= 15 is 0 Å². The smallest absolute Gasteiger partial charge is 0.276 e. The number of benzene rings is 1. The molecule has 0 fully saturated rings. The van der Waals surface area contributed by atoms with Crippen molar-refractivity contribution in [1.29, 1.82) is 0 Å². The normalized spacial score (nSPS) is 10.2. The summed E-state index contributed by atoms with van der Waals surface area (Å²) in [5, 5.41) is 3.97. The molecule has 0 atom stereocenters. The number of carbonyl (C=O) groups is 2. The van der Waals surface area contributed by atoms with Crippen molar-refractivity contribution in [1.82, 2.24) is 10.9 Å². The van der Waals surface area contributed by atoms with Crippen molar-refractivity contribution in [3.8, 4) is 5.75 Å². The first-order chi connectivity index (χ1) is 11.0. The van der Waals surface area contributed by atoms with Crippen LogP contribution in [0.25, 0.3) is 0 Å². The van der Waals surface area contributed by atoms with E-state index in [1.807, 2.05) is 48.9 Å². The third kappa shape index (κ3) is 5.75. The van der Waals surface area contributed by atoms with E-state index in [-0.39, 0.29) is 12.5 Å². The number of ether oxygens (including phenoxy) is 1. The Morgan fingerprint density at radius 2 is 1.87 bits per heavy atom. The van der Waals surface area contributed by atoms with Gasteiger partial charge in [-0.05, 0) is 65.9 Å². The molecule has 0 aliphatic carbocycles. The van der Waals surface area contributed by atoms with Gasteiger partial charge in [0.25, 0.3) is 5.91 Å². The van der Waals surface area contributed by atoms with Gasteiger partial charge in [0.1, 0.15) is 5.75 Å². The molecule has 0 unspecified atom stereocenters. The lowest BCUT2D eigenvalue weighted by Gasteiger charge is -2.09. The molecular formula is C17H20N2O3S. The van der Waals surface area contributed by atoms with Crippen LogP contribution in [-0.4, -0.2) is 18.4 Å². The summed E-state index contributed by atoms with van der Waals surface area (Å²) in [6.07, 6.45) is 0.985. The van der Waals surface area contributed by atoms with Crippen LogP contribution in [0.1, 0.15) is 23.1 Å². The first-order valence-electron chi connectivity index (χ1n) is 7.33. The van der Waals surface area contributed by atoms with Gasteiger partial charge in [0.2, 0.25) is 5.91 Å². The first kappa shape index (κ1) is 17.0. The van der Waals surface area contributed by atoms with Gasteiger partial charge in [-0.2, -0.15) is 11.3 Å². The molecule has 2 N–H and O–H groups in total. The van der Waals surface area contributed by atoms with Crippen molar-refractivity contribution in [3.05, 3.63) is 51.7 Å². The van der Waals surface area contributed by atoms with Gasteiger partial charge >= 0.3 is 0 Å². The van der Waals surface area contributed by atoms with Crippen LogP contribution in [0.15, 0.2) is 35.0 Å². The average molecular weight is 332 g/mol. The predicted octanol–water partition coefficient (Wildman–Crippen LogP) is 2.52. The predicted molar refractivity (Wildman–Crippen MR) is 90.3 cm³/mol. The lowest BCUT2D eigenvalue weighted by atomic mass is 10.1. The quantitative estimate of drug-likeness (QED) is 0.799. The summed E-state index contributed by atoms with van der Waals surface area (Å²) in [6.45, 7) is 3.85. The molecule has 0 aliphatic heterocycles. The lowest BCUT2D eigenvalue weighted by molar-refractivity contribution is -0.130. The van der Waals surface area contributed by atoms with Crippen LogP contribution >= 0.6 is 11.3 Å². The molecule has 0 bridgehead atoms. The van der Waals surface area contributed by atoms with Crippen LogP contribution in [0.2, 0.25) is 0 Å². The Labute approximate surface area is 139 Å². The zero-order valence-electron chi connectivity index (χ0n) is 13.2. The Hall–Kier alpha value is -2.34. The topological polar surface area (TPSA) is 67.4 Å². The molecule has 23 heavy (non-hydrogen) atoms. The van der Waals surface area contributed by atoms with E-state index in [2.05, 4.69) is 10.9 Å². The van der Waals surface area contributed by atoms with E-state index in [0.29, 0.717) is 18.6 Å². The fourth-order valence-corrected chi connectivity index (χ4v) is 2.59. The largest absolute Gasteiger partial charge is 0.484 e. The van der Waals surface area contributed by atoms with Crippen molar-refractivity contribution >= 4 is 23.2 Å². The summed E-state index contributed by atoms with van der Waals surface area (Å²) in [6, 6.07) is 7.61. The highest BCUT2D eigenvalue weighted by Crippen LogP contribution is 2.16. The molecular weight excluding hydrogens is 312 g/mol. The number of amides is 2. The zero-order chi connectivity index (χ0) is 16.7. The third-order valence-corrected chi connectivity index (χ3v) is 4.14. The van der Waals surface area contributed by atoms with Gasteiger partial charge < -0.3 is 4.74 Å². The second-order valence-electron chi connectivity index (χ2n) is 5.26. The van der Waals surface area contributed by atoms with Crippen LogP contribution in [0.3, 0.4) is 0 Å². The lowest BCUT2D eigenvalue weighted by Crippen LogP contribution is -2.43. The molecule has 1 heterocycles. The Morgan fingerprint density at radius 3 is 2.57 bits per heavy atom. The highest BCUT2D eigenvalue weighted by molar-refractivity contribution is 7.07. The van der Waals surface area contributed by atoms with E-state index in [4.69, 9.17) is 4.74 Å². The summed E-state index contributed by atoms with van der Waals surface area (Å²) in [7, 11) is 0. The molecule has 0 aliphatic rings. The number of thiophene rings is 1. The maximum Gasteiger partial charge on any atom is 0.276 e. The molecule has 0 spiro atoms. The van der Waals surface area contributed by atoms with Crippen LogP contribution in [0.5, 0.6) is 5.75 Å². The molecule has 0 saturated heterocycles. The Morgan fingerprint density at radius 1 is 1.09 bits per heavy atom. The third-order valence-electron chi connectivity index (χ3n) is 3.41. The van der Waals surface area contributed by atoms with Gasteiger partial charge in [-0.15, -0.1) is 0 Å². The Bertz CT molecular complexity index is 668. The highest BCUT2D eigenvalue weighted by atomic mass is 32.1. The van der Waals surface area contributed by atoms with Gasteiger partial charge in [-0.3, -0.25) is 20.4 Å². The van der Waals surface area contributed by atoms with Crippen LogP contribution in [-0.2, 0) is 16.0 Å². The number of rotatable bonds is 6. The highest BCUT2D eigenvalue weighted by Gasteiger charge is 2.06. The van der Waals surface area contributed by atoms with Crippen molar-refractivity contribution in [2.75, 3.05) is 6.61 Å². The molecule has 0 saturated carbocycles. The minimum absolute atomic E-state index is 0.146. The van der Waals surface area contributed by atoms with E-state index in [9.17, 15) is 9.59 Å². The maximum absolute atomic E-state index is 11.7. The molecule has 2 aromatic rings. The van der Waals surface area contributed by atoms with Crippen molar-refractivity contribution in [2.45, 2.75) is 26.7 Å². The van der Waals surface area contributed by atoms with Crippen LogP contribution < -0.4 is 15.6 Å². The molecule has 2 rings (SSSR count). The summed E-state index contributed by atoms with van der Waals surface area (Å²) < 4.78 is 5.39. The number of hydrazine groups is 1. The van der Waals surface area contributed by atoms with Gasteiger partial charge in [0.15, 0.2) is 6.61 Å². The second kappa shape index (κ2) is 8.33. The fourth-order valence-electron chi connectivity index (χ4n) is 1.88. The standard InChI is InChI=1S/C17H20N2O3S/c1-12-3-5-15(9-13(12)2)22-10-17(21)19-18-16(20)6-4-14-7-8-23-11-14/h3,5,7-9,11H,4,6,10H2,1-2H3,(H,18,20)(H,19,21). The van der Waals surface area contributed by atoms with Gasteiger partial charge in [0.05, 0.1) is 0 Å². The molecule has 1 aromatic heterocycles. The van der Waals surface area contributed by atoms with Crippen molar-refractivity contribution in [2.24, 2.45) is 0 Å². The van der Waals surface area contributed by atoms with Crippen molar-refractivity contribution in [3.63, 3.8) is 0 Å². The summed E-state index contributed by atoms with van der Waals surface area (Å²) in [4.78, 5) is 23.3. The van der Waals surface area contributed by atoms with Crippen LogP contribution in [0.4, 0.5) is 0 Å². The Balaban J connectivity index is 1.66. The van der Waals surface area contributed by atoms with Crippen LogP contribution in [0, 0.1) is 13.8 Å². The second-order valence-corrected chi connectivity index (χ2v) is 6.04. The fraction of sp³-hybridized carbons (Fsp3) is 0.294. The van der Waals surface area contributed by atoms with Gasteiger partial charge in [-0.1, -0.05) is 6.07 Å². The number of aryl methyl sites for hydroxylation is 3. The molecule has 122 valence electrons. The summed E-state index contributed by atoms with van der Waals surface area (Å²) in [5.74, 6) is 0.00914. The number of carbonyl (C=O) groups excluding carboxylic acids is 2. The first-order valence-corrected chi connectivity index (χ1v) is 8.27. The molecule has 2 amide bonds. The average Bonchev–Trinajstić information content (AvgIpc) is 3.05. The van der Waals surface area contributed by atoms with E-state index < -0.39 is 5.91 Å².